The van der Waals surface area contributed by atoms with Crippen molar-refractivity contribution in [1.29, 1.82) is 0 Å². The fourth-order valence-corrected chi connectivity index (χ4v) is 3.56. The normalized spacial score (nSPS) is 16.0. The van der Waals surface area contributed by atoms with Crippen LogP contribution in [-0.2, 0) is 11.0 Å². The van der Waals surface area contributed by atoms with Gasteiger partial charge in [-0.2, -0.15) is 13.2 Å². The van der Waals surface area contributed by atoms with Crippen molar-refractivity contribution in [2.24, 2.45) is 0 Å². The second-order valence-corrected chi connectivity index (χ2v) is 7.04. The molecule has 8 heteroatoms. The number of carbonyl (C=O) groups excluding carboxylic acids is 1. The first kappa shape index (κ1) is 19.2. The Morgan fingerprint density at radius 1 is 1.07 bits per heavy atom. The van der Waals surface area contributed by atoms with E-state index in [1.807, 2.05) is 30.3 Å². The highest BCUT2D eigenvalue weighted by Crippen LogP contribution is 2.32. The average molecular weight is 400 g/mol. The molecule has 2 heterocycles. The molecule has 0 spiro atoms. The predicted molar refractivity (Wildman–Crippen MR) is 103 cm³/mol. The number of nitrogens with zero attached hydrogens (tertiary/aromatic N) is 4. The summed E-state index contributed by atoms with van der Waals surface area (Å²) in [5, 5.41) is 7.98. The summed E-state index contributed by atoms with van der Waals surface area (Å²) in [6, 6.07) is 13.1. The molecule has 0 aliphatic carbocycles. The van der Waals surface area contributed by atoms with E-state index in [0.717, 1.165) is 17.7 Å². The summed E-state index contributed by atoms with van der Waals surface area (Å²) in [6.45, 7) is 1.12. The maximum Gasteiger partial charge on any atom is 0.416 e. The van der Waals surface area contributed by atoms with Crippen molar-refractivity contribution in [2.75, 3.05) is 13.1 Å². The van der Waals surface area contributed by atoms with Crippen molar-refractivity contribution >= 4 is 23.0 Å². The number of hydrogen-bond donors (Lipinski definition) is 0. The third-order valence-corrected chi connectivity index (χ3v) is 5.14. The molecule has 0 radical (unpaired) electrons. The molecule has 1 fully saturated rings. The second-order valence-electron chi connectivity index (χ2n) is 7.04. The Morgan fingerprint density at radius 3 is 2.48 bits per heavy atom. The molecule has 0 saturated carbocycles. The molecular formula is C21H19F3N4O. The Hall–Kier alpha value is -3.16. The zero-order valence-electron chi connectivity index (χ0n) is 15.5. The smallest absolute Gasteiger partial charge is 0.339 e. The monoisotopic (exact) mass is 400 g/mol. The van der Waals surface area contributed by atoms with E-state index < -0.39 is 11.7 Å². The number of hydrogen-bond acceptors (Lipinski definition) is 3. The van der Waals surface area contributed by atoms with Crippen molar-refractivity contribution in [1.82, 2.24) is 19.9 Å². The van der Waals surface area contributed by atoms with Crippen molar-refractivity contribution in [2.45, 2.75) is 25.1 Å². The highest BCUT2D eigenvalue weighted by molar-refractivity contribution is 5.91. The lowest BCUT2D eigenvalue weighted by Crippen LogP contribution is -2.38. The van der Waals surface area contributed by atoms with Gasteiger partial charge in [-0.3, -0.25) is 4.79 Å². The summed E-state index contributed by atoms with van der Waals surface area (Å²) < 4.78 is 40.3. The lowest BCUT2D eigenvalue weighted by molar-refractivity contribution is -0.137. The SMILES string of the molecule is O=C(/C=C/c1ccccc1)N1CCC(n2nnc3cc(C(F)(F)F)ccc32)CC1. The van der Waals surface area contributed by atoms with Gasteiger partial charge in [-0.25, -0.2) is 4.68 Å². The van der Waals surface area contributed by atoms with Crippen LogP contribution in [0.4, 0.5) is 13.2 Å². The van der Waals surface area contributed by atoms with E-state index >= 15 is 0 Å². The number of aromatic nitrogens is 3. The zero-order chi connectivity index (χ0) is 20.4. The molecule has 4 rings (SSSR count). The maximum atomic E-state index is 12.9. The fraction of sp³-hybridized carbons (Fsp3) is 0.286. The number of benzene rings is 2. The van der Waals surface area contributed by atoms with E-state index in [1.165, 1.54) is 6.07 Å². The van der Waals surface area contributed by atoms with Gasteiger partial charge in [0.15, 0.2) is 0 Å². The Labute approximate surface area is 165 Å². The largest absolute Gasteiger partial charge is 0.416 e. The lowest BCUT2D eigenvalue weighted by atomic mass is 10.0. The van der Waals surface area contributed by atoms with Crippen LogP contribution in [0.2, 0.25) is 0 Å². The minimum atomic E-state index is -4.41. The minimum Gasteiger partial charge on any atom is -0.339 e. The first-order valence-electron chi connectivity index (χ1n) is 9.36. The third-order valence-electron chi connectivity index (χ3n) is 5.14. The summed E-state index contributed by atoms with van der Waals surface area (Å²) in [7, 11) is 0. The van der Waals surface area contributed by atoms with E-state index in [0.29, 0.717) is 31.4 Å². The number of halogens is 3. The molecule has 1 aromatic heterocycles. The van der Waals surface area contributed by atoms with Crippen LogP contribution in [-0.4, -0.2) is 38.9 Å². The number of piperidine rings is 1. The minimum absolute atomic E-state index is 0.00103. The molecule has 29 heavy (non-hydrogen) atoms. The number of likely N-dealkylation sites (tertiary alicyclic amines) is 1. The number of amides is 1. The number of rotatable bonds is 3. The van der Waals surface area contributed by atoms with Crippen LogP contribution in [0.3, 0.4) is 0 Å². The molecule has 2 aromatic carbocycles. The molecule has 0 unspecified atom stereocenters. The molecule has 0 bridgehead atoms. The first-order valence-corrected chi connectivity index (χ1v) is 9.36. The van der Waals surface area contributed by atoms with Gasteiger partial charge in [-0.1, -0.05) is 35.5 Å². The molecule has 1 saturated heterocycles. The standard InChI is InChI=1S/C21H19F3N4O/c22-21(23,24)16-7-8-19-18(14-16)25-26-28(19)17-10-12-27(13-11-17)20(29)9-6-15-4-2-1-3-5-15/h1-9,14,17H,10-13H2/b9-6+. The van der Waals surface area contributed by atoms with Crippen molar-refractivity contribution in [3.05, 3.63) is 65.7 Å². The van der Waals surface area contributed by atoms with Crippen LogP contribution >= 0.6 is 0 Å². The zero-order valence-corrected chi connectivity index (χ0v) is 15.5. The van der Waals surface area contributed by atoms with Crippen molar-refractivity contribution in [3.63, 3.8) is 0 Å². The van der Waals surface area contributed by atoms with Gasteiger partial charge in [-0.15, -0.1) is 5.10 Å². The highest BCUT2D eigenvalue weighted by Gasteiger charge is 2.31. The van der Waals surface area contributed by atoms with Crippen molar-refractivity contribution in [3.8, 4) is 0 Å². The summed E-state index contributed by atoms with van der Waals surface area (Å²) in [6.07, 6.45) is 0.294. The van der Waals surface area contributed by atoms with Gasteiger partial charge < -0.3 is 4.90 Å². The molecule has 3 aromatic rings. The summed E-state index contributed by atoms with van der Waals surface area (Å²) >= 11 is 0. The molecular weight excluding hydrogens is 381 g/mol. The lowest BCUT2D eigenvalue weighted by Gasteiger charge is -2.31. The Kier molecular flexibility index (Phi) is 5.08. The Morgan fingerprint density at radius 2 is 1.79 bits per heavy atom. The van der Waals surface area contributed by atoms with Gasteiger partial charge in [0, 0.05) is 19.2 Å². The Bertz CT molecular complexity index is 1040. The second kappa shape index (κ2) is 7.69. The molecule has 1 amide bonds. The quantitative estimate of drug-likeness (QED) is 0.615. The van der Waals surface area contributed by atoms with Crippen LogP contribution in [0.5, 0.6) is 0 Å². The number of fused-ring (bicyclic) bond motifs is 1. The van der Waals surface area contributed by atoms with Crippen molar-refractivity contribution < 1.29 is 18.0 Å². The van der Waals surface area contributed by atoms with E-state index in [9.17, 15) is 18.0 Å². The average Bonchev–Trinajstić information content (AvgIpc) is 3.15. The van der Waals surface area contributed by atoms with Gasteiger partial charge in [-0.05, 0) is 42.7 Å². The summed E-state index contributed by atoms with van der Waals surface area (Å²) in [5.74, 6) is -0.0504. The molecule has 1 aliphatic heterocycles. The van der Waals surface area contributed by atoms with Gasteiger partial charge >= 0.3 is 6.18 Å². The number of carbonyl (C=O) groups is 1. The molecule has 150 valence electrons. The van der Waals surface area contributed by atoms with Crippen LogP contribution in [0.15, 0.2) is 54.6 Å². The highest BCUT2D eigenvalue weighted by atomic mass is 19.4. The predicted octanol–water partition coefficient (Wildman–Crippen LogP) is 4.33. The number of alkyl halides is 3. The van der Waals surface area contributed by atoms with Gasteiger partial charge in [0.1, 0.15) is 5.52 Å². The third kappa shape index (κ3) is 4.16. The topological polar surface area (TPSA) is 51.0 Å². The van der Waals surface area contributed by atoms with E-state index in [4.69, 9.17) is 0 Å². The summed E-state index contributed by atoms with van der Waals surface area (Å²) in [4.78, 5) is 14.2. The Balaban J connectivity index is 1.42. The van der Waals surface area contributed by atoms with E-state index in [2.05, 4.69) is 10.3 Å². The van der Waals surface area contributed by atoms with Crippen LogP contribution < -0.4 is 0 Å². The molecule has 1 aliphatic rings. The van der Waals surface area contributed by atoms with Gasteiger partial charge in [0.25, 0.3) is 0 Å². The molecule has 0 atom stereocenters. The fourth-order valence-electron chi connectivity index (χ4n) is 3.56. The van der Waals surface area contributed by atoms with Gasteiger partial charge in [0.2, 0.25) is 5.91 Å². The summed E-state index contributed by atoms with van der Waals surface area (Å²) in [5.41, 5.74) is 1.03. The van der Waals surface area contributed by atoms with Crippen LogP contribution in [0.1, 0.15) is 30.0 Å². The van der Waals surface area contributed by atoms with E-state index in [1.54, 1.807) is 21.7 Å². The van der Waals surface area contributed by atoms with E-state index in [-0.39, 0.29) is 17.5 Å². The molecule has 5 nitrogen and oxygen atoms in total. The van der Waals surface area contributed by atoms with Gasteiger partial charge in [0.05, 0.1) is 17.1 Å². The maximum absolute atomic E-state index is 12.9. The molecule has 0 N–H and O–H groups in total. The van der Waals surface area contributed by atoms with Crippen LogP contribution in [0.25, 0.3) is 17.1 Å². The van der Waals surface area contributed by atoms with Crippen LogP contribution in [0, 0.1) is 0 Å². The first-order chi connectivity index (χ1) is 13.9.